The Labute approximate surface area is 159 Å². The number of ketones is 1. The second-order valence-electron chi connectivity index (χ2n) is 5.79. The van der Waals surface area contributed by atoms with Crippen molar-refractivity contribution in [2.75, 3.05) is 7.05 Å². The number of alkyl halides is 3. The van der Waals surface area contributed by atoms with Crippen molar-refractivity contribution < 1.29 is 22.8 Å². The van der Waals surface area contributed by atoms with E-state index in [1.54, 1.807) is 7.05 Å². The molecule has 0 spiro atoms. The van der Waals surface area contributed by atoms with Gasteiger partial charge in [0.1, 0.15) is 0 Å². The molecule has 1 saturated carbocycles. The zero-order valence-electron chi connectivity index (χ0n) is 14.4. The van der Waals surface area contributed by atoms with E-state index in [1.165, 1.54) is 18.3 Å². The molecule has 1 N–H and O–H groups in total. The van der Waals surface area contributed by atoms with Gasteiger partial charge in [0.25, 0.3) is 5.91 Å². The van der Waals surface area contributed by atoms with Crippen LogP contribution in [0.5, 0.6) is 0 Å². The average Bonchev–Trinajstić information content (AvgIpc) is 3.44. The number of hydrogen-bond acceptors (Lipinski definition) is 4. The maximum absolute atomic E-state index is 13.2. The van der Waals surface area contributed by atoms with Gasteiger partial charge in [0.15, 0.2) is 5.78 Å². The number of nitrogens with zero attached hydrogens (tertiary/aromatic N) is 2. The third-order valence-electron chi connectivity index (χ3n) is 3.82. The van der Waals surface area contributed by atoms with E-state index in [-0.39, 0.29) is 22.3 Å². The molecule has 9 heteroatoms. The van der Waals surface area contributed by atoms with Gasteiger partial charge in [0, 0.05) is 37.7 Å². The number of halogens is 4. The van der Waals surface area contributed by atoms with Crippen LogP contribution in [-0.4, -0.2) is 30.5 Å². The number of carbonyl (C=O) groups excluding carboxylic acids is 2. The number of nitrogens with one attached hydrogen (secondary N) is 1. The molecule has 1 amide bonds. The van der Waals surface area contributed by atoms with Crippen molar-refractivity contribution in [3.63, 3.8) is 0 Å². The lowest BCUT2D eigenvalue weighted by Crippen LogP contribution is -2.24. The van der Waals surface area contributed by atoms with Gasteiger partial charge in [-0.3, -0.25) is 9.59 Å². The van der Waals surface area contributed by atoms with Gasteiger partial charge in [0.2, 0.25) is 0 Å². The first-order chi connectivity index (χ1) is 12.7. The number of rotatable bonds is 7. The van der Waals surface area contributed by atoms with Crippen molar-refractivity contribution in [1.29, 1.82) is 0 Å². The molecule has 1 fully saturated rings. The Morgan fingerprint density at radius 2 is 2.04 bits per heavy atom. The molecule has 0 bridgehead atoms. The minimum atomic E-state index is -4.77. The molecular formula is C18H17ClF3N3O2. The largest absolute Gasteiger partial charge is 0.417 e. The highest BCUT2D eigenvalue weighted by molar-refractivity contribution is 6.34. The number of Topliss-reactive ketones (excluding diaryl/α,β-unsaturated/α-hetero) is 1. The topological polar surface area (TPSA) is 61.8 Å². The highest BCUT2D eigenvalue weighted by Gasteiger charge is 2.37. The van der Waals surface area contributed by atoms with Crippen LogP contribution in [0.1, 0.15) is 28.8 Å². The van der Waals surface area contributed by atoms with Crippen LogP contribution in [0.4, 0.5) is 13.2 Å². The standard InChI is InChI=1S/C18H17ClF3N3O2/c1-23-10-12(16(26)11-6-7-11)8-9-25(24-2)17(27)15-13(18(20,21)22)4-3-5-14(15)19/h3-5,8-11,23H,2,6-7H2,1H3/b9-8+,12-10+. The molecule has 1 aromatic rings. The highest BCUT2D eigenvalue weighted by atomic mass is 35.5. The molecule has 0 saturated heterocycles. The van der Waals surface area contributed by atoms with Crippen LogP contribution in [0.2, 0.25) is 5.02 Å². The summed E-state index contributed by atoms with van der Waals surface area (Å²) < 4.78 is 39.6. The zero-order chi connectivity index (χ0) is 20.2. The van der Waals surface area contributed by atoms with Crippen LogP contribution >= 0.6 is 11.6 Å². The fraction of sp³-hybridized carbons (Fsp3) is 0.278. The number of amides is 1. The molecule has 0 aromatic heterocycles. The van der Waals surface area contributed by atoms with E-state index in [0.29, 0.717) is 5.01 Å². The van der Waals surface area contributed by atoms with Crippen molar-refractivity contribution in [1.82, 2.24) is 10.3 Å². The van der Waals surface area contributed by atoms with Crippen molar-refractivity contribution in [2.24, 2.45) is 11.0 Å². The first kappa shape index (κ1) is 20.7. The Bertz CT molecular complexity index is 815. The summed E-state index contributed by atoms with van der Waals surface area (Å²) in [5, 5.41) is 6.41. The molecule has 1 aromatic carbocycles. The maximum atomic E-state index is 13.2. The third kappa shape index (κ3) is 4.97. The molecule has 27 heavy (non-hydrogen) atoms. The van der Waals surface area contributed by atoms with Crippen LogP contribution in [0.25, 0.3) is 0 Å². The normalized spacial score (nSPS) is 14.9. The first-order valence-corrected chi connectivity index (χ1v) is 8.34. The van der Waals surface area contributed by atoms with E-state index < -0.39 is 23.2 Å². The Hall–Kier alpha value is -2.61. The van der Waals surface area contributed by atoms with Gasteiger partial charge in [-0.05, 0) is 31.1 Å². The fourth-order valence-electron chi connectivity index (χ4n) is 2.36. The summed E-state index contributed by atoms with van der Waals surface area (Å²) in [6.45, 7) is 3.20. The summed E-state index contributed by atoms with van der Waals surface area (Å²) in [5.41, 5.74) is -1.64. The summed E-state index contributed by atoms with van der Waals surface area (Å²) in [6.07, 6.45) is 0.622. The van der Waals surface area contributed by atoms with E-state index in [2.05, 4.69) is 17.1 Å². The lowest BCUT2D eigenvalue weighted by molar-refractivity contribution is -0.138. The van der Waals surface area contributed by atoms with Crippen molar-refractivity contribution >= 4 is 30.0 Å². The molecule has 0 unspecified atom stereocenters. The second kappa shape index (κ2) is 8.39. The summed E-state index contributed by atoms with van der Waals surface area (Å²) >= 11 is 5.83. The number of hydrazone groups is 1. The van der Waals surface area contributed by atoms with E-state index >= 15 is 0 Å². The molecule has 0 radical (unpaired) electrons. The summed E-state index contributed by atoms with van der Waals surface area (Å²) in [7, 11) is 1.60. The fourth-order valence-corrected chi connectivity index (χ4v) is 2.62. The molecule has 2 rings (SSSR count). The highest BCUT2D eigenvalue weighted by Crippen LogP contribution is 2.36. The smallest absolute Gasteiger partial charge is 0.393 e. The summed E-state index contributed by atoms with van der Waals surface area (Å²) in [6, 6.07) is 3.04. The number of carbonyl (C=O) groups is 2. The number of benzene rings is 1. The van der Waals surface area contributed by atoms with Crippen LogP contribution < -0.4 is 5.32 Å². The van der Waals surface area contributed by atoms with Gasteiger partial charge >= 0.3 is 6.18 Å². The molecule has 1 aliphatic rings. The molecule has 144 valence electrons. The Morgan fingerprint density at radius 1 is 1.37 bits per heavy atom. The number of hydrogen-bond donors (Lipinski definition) is 1. The molecule has 0 aliphatic heterocycles. The van der Waals surface area contributed by atoms with Crippen LogP contribution in [0.3, 0.4) is 0 Å². The van der Waals surface area contributed by atoms with E-state index in [4.69, 9.17) is 11.6 Å². The monoisotopic (exact) mass is 399 g/mol. The first-order valence-electron chi connectivity index (χ1n) is 7.96. The van der Waals surface area contributed by atoms with Crippen molar-refractivity contribution in [2.45, 2.75) is 19.0 Å². The lowest BCUT2D eigenvalue weighted by atomic mass is 10.1. The Morgan fingerprint density at radius 3 is 2.56 bits per heavy atom. The molecule has 0 heterocycles. The van der Waals surface area contributed by atoms with Gasteiger partial charge < -0.3 is 5.32 Å². The minimum absolute atomic E-state index is 0.0736. The molecule has 5 nitrogen and oxygen atoms in total. The van der Waals surface area contributed by atoms with Crippen LogP contribution in [-0.2, 0) is 11.0 Å². The molecular weight excluding hydrogens is 383 g/mol. The maximum Gasteiger partial charge on any atom is 0.417 e. The predicted molar refractivity (Wildman–Crippen MR) is 96.2 cm³/mol. The summed E-state index contributed by atoms with van der Waals surface area (Å²) in [4.78, 5) is 24.8. The van der Waals surface area contributed by atoms with Gasteiger partial charge in [-0.1, -0.05) is 17.7 Å². The minimum Gasteiger partial charge on any atom is -0.393 e. The lowest BCUT2D eigenvalue weighted by Gasteiger charge is -2.17. The molecule has 0 atom stereocenters. The average molecular weight is 400 g/mol. The zero-order valence-corrected chi connectivity index (χ0v) is 15.1. The van der Waals surface area contributed by atoms with E-state index in [1.807, 2.05) is 0 Å². The third-order valence-corrected chi connectivity index (χ3v) is 4.14. The van der Waals surface area contributed by atoms with Crippen molar-refractivity contribution in [3.8, 4) is 0 Å². The van der Waals surface area contributed by atoms with Gasteiger partial charge in [-0.2, -0.15) is 18.3 Å². The SMILES string of the molecule is C=NN(/C=C/C(=C\NC)C(=O)C1CC1)C(=O)c1c(Cl)cccc1C(F)(F)F. The van der Waals surface area contributed by atoms with Gasteiger partial charge in [-0.15, -0.1) is 0 Å². The Kier molecular flexibility index (Phi) is 6.43. The van der Waals surface area contributed by atoms with Crippen LogP contribution in [0.15, 0.2) is 47.3 Å². The summed E-state index contributed by atoms with van der Waals surface area (Å²) in [5.74, 6) is -1.30. The molecule has 1 aliphatic carbocycles. The predicted octanol–water partition coefficient (Wildman–Crippen LogP) is 4.01. The number of allylic oxidation sites excluding steroid dienone is 2. The van der Waals surface area contributed by atoms with Gasteiger partial charge in [0.05, 0.1) is 16.1 Å². The second-order valence-corrected chi connectivity index (χ2v) is 6.20. The van der Waals surface area contributed by atoms with E-state index in [0.717, 1.165) is 31.2 Å². The van der Waals surface area contributed by atoms with Crippen LogP contribution in [0, 0.1) is 5.92 Å². The van der Waals surface area contributed by atoms with E-state index in [9.17, 15) is 22.8 Å². The van der Waals surface area contributed by atoms with Gasteiger partial charge in [-0.25, -0.2) is 5.01 Å². The quantitative estimate of drug-likeness (QED) is 0.326. The Balaban J connectivity index is 2.35. The van der Waals surface area contributed by atoms with Crippen molar-refractivity contribution in [3.05, 3.63) is 58.4 Å².